The van der Waals surface area contributed by atoms with Crippen molar-refractivity contribution in [1.82, 2.24) is 5.32 Å². The van der Waals surface area contributed by atoms with Gasteiger partial charge in [-0.15, -0.1) is 11.3 Å². The molecule has 184 valence electrons. The van der Waals surface area contributed by atoms with Gasteiger partial charge in [-0.05, 0) is 30.5 Å². The number of carboxylic acid groups (broad SMARTS) is 1. The first-order valence-electron chi connectivity index (χ1n) is 11.6. The number of nitro benzene ring substituents is 1. The van der Waals surface area contributed by atoms with E-state index in [-0.39, 0.29) is 23.7 Å². The van der Waals surface area contributed by atoms with Gasteiger partial charge in [0, 0.05) is 17.0 Å². The number of fused-ring (bicyclic) bond motifs is 1. The first kappa shape index (κ1) is 23.9. The highest BCUT2D eigenvalue weighted by Crippen LogP contribution is 2.53. The average Bonchev–Trinajstić information content (AvgIpc) is 3.49. The molecular formula is C24H24ClN3O6S. The molecule has 1 aromatic carbocycles. The predicted octanol–water partition coefficient (Wildman–Crippen LogP) is 4.55. The number of imide groups is 1. The maximum absolute atomic E-state index is 13.8. The lowest BCUT2D eigenvalue weighted by atomic mass is 9.72. The largest absolute Gasteiger partial charge is 0.480 e. The van der Waals surface area contributed by atoms with E-state index in [1.807, 2.05) is 0 Å². The van der Waals surface area contributed by atoms with Crippen molar-refractivity contribution in [3.8, 4) is 0 Å². The van der Waals surface area contributed by atoms with Crippen LogP contribution < -0.4 is 10.2 Å². The van der Waals surface area contributed by atoms with Crippen molar-refractivity contribution < 1.29 is 24.4 Å². The number of aliphatic carboxylic acids is 1. The highest BCUT2D eigenvalue weighted by Gasteiger charge is 2.69. The molecule has 11 heteroatoms. The molecule has 1 aromatic heterocycles. The molecule has 9 nitrogen and oxygen atoms in total. The van der Waals surface area contributed by atoms with E-state index in [0.717, 1.165) is 37.0 Å². The van der Waals surface area contributed by atoms with Crippen molar-refractivity contribution in [2.75, 3.05) is 4.90 Å². The summed E-state index contributed by atoms with van der Waals surface area (Å²) in [5.74, 6) is -4.35. The van der Waals surface area contributed by atoms with Crippen LogP contribution in [0.3, 0.4) is 0 Å². The monoisotopic (exact) mass is 517 g/mol. The Morgan fingerprint density at radius 3 is 2.57 bits per heavy atom. The molecule has 2 saturated heterocycles. The molecule has 4 unspecified atom stereocenters. The Balaban J connectivity index is 1.61. The van der Waals surface area contributed by atoms with E-state index in [9.17, 15) is 29.6 Å². The number of halogens is 1. The van der Waals surface area contributed by atoms with Crippen LogP contribution in [0.25, 0.3) is 0 Å². The number of hydrogen-bond acceptors (Lipinski definition) is 7. The molecule has 3 heterocycles. The van der Waals surface area contributed by atoms with Gasteiger partial charge in [0.05, 0.1) is 32.8 Å². The Morgan fingerprint density at radius 1 is 1.20 bits per heavy atom. The number of non-ortho nitro benzene ring substituents is 1. The molecule has 0 bridgehead atoms. The molecule has 5 rings (SSSR count). The lowest BCUT2D eigenvalue weighted by Crippen LogP contribution is -2.56. The second-order valence-electron chi connectivity index (χ2n) is 9.54. The molecule has 0 spiro atoms. The van der Waals surface area contributed by atoms with Gasteiger partial charge in [0.2, 0.25) is 11.8 Å². The zero-order valence-corrected chi connectivity index (χ0v) is 20.3. The van der Waals surface area contributed by atoms with Crippen LogP contribution in [0.5, 0.6) is 0 Å². The zero-order chi connectivity index (χ0) is 24.9. The molecule has 2 aromatic rings. The number of anilines is 1. The first-order valence-corrected chi connectivity index (χ1v) is 12.8. The van der Waals surface area contributed by atoms with E-state index in [1.54, 1.807) is 12.1 Å². The fourth-order valence-electron chi connectivity index (χ4n) is 6.06. The number of carboxylic acids is 1. The molecular weight excluding hydrogens is 494 g/mol. The van der Waals surface area contributed by atoms with E-state index in [2.05, 4.69) is 5.32 Å². The number of hydrogen-bond donors (Lipinski definition) is 2. The summed E-state index contributed by atoms with van der Waals surface area (Å²) in [4.78, 5) is 52.8. The third-order valence-electron chi connectivity index (χ3n) is 7.57. The average molecular weight is 518 g/mol. The minimum absolute atomic E-state index is 0.0727. The van der Waals surface area contributed by atoms with Gasteiger partial charge in [-0.1, -0.05) is 49.8 Å². The van der Waals surface area contributed by atoms with E-state index in [1.165, 1.54) is 35.6 Å². The van der Waals surface area contributed by atoms with Crippen molar-refractivity contribution >= 4 is 52.1 Å². The smallest absolute Gasteiger partial charge is 0.324 e. The fraction of sp³-hybridized carbons (Fsp3) is 0.458. The summed E-state index contributed by atoms with van der Waals surface area (Å²) in [6.07, 6.45) is 5.10. The summed E-state index contributed by atoms with van der Waals surface area (Å²) >= 11 is 7.39. The SMILES string of the molecule is O=C1C2C(c3ccc(Cl)s3)NC(CC3CCCCC3)(C(=O)O)C2C(=O)N1c1cccc([N+](=O)[O-])c1. The number of nitrogens with zero attached hydrogens (tertiary/aromatic N) is 2. The number of nitro groups is 1. The number of carbonyl (C=O) groups is 3. The Labute approximate surface area is 210 Å². The van der Waals surface area contributed by atoms with Crippen LogP contribution in [0, 0.1) is 27.9 Å². The highest BCUT2D eigenvalue weighted by molar-refractivity contribution is 7.16. The van der Waals surface area contributed by atoms with Crippen LogP contribution in [-0.4, -0.2) is 33.4 Å². The molecule has 1 saturated carbocycles. The van der Waals surface area contributed by atoms with Crippen molar-refractivity contribution in [2.24, 2.45) is 17.8 Å². The minimum Gasteiger partial charge on any atom is -0.480 e. The number of benzene rings is 1. The van der Waals surface area contributed by atoms with Crippen LogP contribution in [0.1, 0.15) is 49.4 Å². The molecule has 35 heavy (non-hydrogen) atoms. The van der Waals surface area contributed by atoms with Crippen LogP contribution in [0.2, 0.25) is 4.34 Å². The maximum atomic E-state index is 13.8. The third-order valence-corrected chi connectivity index (χ3v) is 8.88. The first-order chi connectivity index (χ1) is 16.7. The number of thiophene rings is 1. The summed E-state index contributed by atoms with van der Waals surface area (Å²) in [5.41, 5.74) is -1.81. The number of amides is 2. The third kappa shape index (κ3) is 3.93. The lowest BCUT2D eigenvalue weighted by Gasteiger charge is -2.35. The quantitative estimate of drug-likeness (QED) is 0.326. The Morgan fingerprint density at radius 2 is 1.94 bits per heavy atom. The Kier molecular flexibility index (Phi) is 6.14. The Hall–Kier alpha value is -2.82. The van der Waals surface area contributed by atoms with Crippen molar-refractivity contribution in [3.63, 3.8) is 0 Å². The number of carbonyl (C=O) groups excluding carboxylic acids is 2. The summed E-state index contributed by atoms with van der Waals surface area (Å²) in [7, 11) is 0. The van der Waals surface area contributed by atoms with Crippen molar-refractivity contribution in [2.45, 2.75) is 50.1 Å². The zero-order valence-electron chi connectivity index (χ0n) is 18.7. The number of nitrogens with one attached hydrogen (secondary N) is 1. The molecule has 3 fully saturated rings. The van der Waals surface area contributed by atoms with Gasteiger partial charge in [-0.25, -0.2) is 4.90 Å². The van der Waals surface area contributed by atoms with Crippen LogP contribution in [-0.2, 0) is 14.4 Å². The van der Waals surface area contributed by atoms with Crippen LogP contribution in [0.4, 0.5) is 11.4 Å². The van der Waals surface area contributed by atoms with Gasteiger partial charge in [-0.2, -0.15) is 0 Å². The van der Waals surface area contributed by atoms with Crippen molar-refractivity contribution in [1.29, 1.82) is 0 Å². The molecule has 2 N–H and O–H groups in total. The molecule has 3 aliphatic rings. The Bertz CT molecular complexity index is 1210. The standard InChI is InChI=1S/C24H24ClN3O6S/c25-17-10-9-16(35-17)20-18-19(24(26-20,23(31)32)12-13-5-2-1-3-6-13)22(30)27(21(18)29)14-7-4-8-15(11-14)28(33)34/h4,7-11,13,18-20,26H,1-3,5-6,12H2,(H,31,32). The summed E-state index contributed by atoms with van der Waals surface area (Å²) in [6, 6.07) is 8.02. The van der Waals surface area contributed by atoms with E-state index in [4.69, 9.17) is 11.6 Å². The number of rotatable bonds is 6. The van der Waals surface area contributed by atoms with Gasteiger partial charge in [0.15, 0.2) is 0 Å². The van der Waals surface area contributed by atoms with Gasteiger partial charge in [-0.3, -0.25) is 29.8 Å². The molecule has 1 aliphatic carbocycles. The van der Waals surface area contributed by atoms with Gasteiger partial charge in [0.1, 0.15) is 5.54 Å². The topological polar surface area (TPSA) is 130 Å². The van der Waals surface area contributed by atoms with Crippen molar-refractivity contribution in [3.05, 3.63) is 55.7 Å². The van der Waals surface area contributed by atoms with E-state index >= 15 is 0 Å². The fourth-order valence-corrected chi connectivity index (χ4v) is 7.22. The second kappa shape index (κ2) is 9.00. The molecule has 2 aliphatic heterocycles. The molecule has 2 amide bonds. The molecule has 4 atom stereocenters. The van der Waals surface area contributed by atoms with Gasteiger partial charge < -0.3 is 5.11 Å². The summed E-state index contributed by atoms with van der Waals surface area (Å²) in [6.45, 7) is 0. The van der Waals surface area contributed by atoms with Crippen LogP contribution >= 0.6 is 22.9 Å². The molecule has 0 radical (unpaired) electrons. The van der Waals surface area contributed by atoms with E-state index < -0.39 is 46.1 Å². The van der Waals surface area contributed by atoms with E-state index in [0.29, 0.717) is 9.21 Å². The summed E-state index contributed by atoms with van der Waals surface area (Å²) < 4.78 is 0.491. The van der Waals surface area contributed by atoms with Crippen LogP contribution in [0.15, 0.2) is 36.4 Å². The summed E-state index contributed by atoms with van der Waals surface area (Å²) in [5, 5.41) is 25.1. The lowest BCUT2D eigenvalue weighted by molar-refractivity contribution is -0.384. The normalized spacial score (nSPS) is 28.9. The predicted molar refractivity (Wildman–Crippen MR) is 129 cm³/mol. The minimum atomic E-state index is -1.63. The second-order valence-corrected chi connectivity index (χ2v) is 11.3. The maximum Gasteiger partial charge on any atom is 0.324 e. The van der Waals surface area contributed by atoms with Gasteiger partial charge >= 0.3 is 5.97 Å². The highest BCUT2D eigenvalue weighted by atomic mass is 35.5. The van der Waals surface area contributed by atoms with Gasteiger partial charge in [0.25, 0.3) is 5.69 Å².